The number of rotatable bonds is 0. The third-order valence-electron chi connectivity index (χ3n) is 4.13. The van der Waals surface area contributed by atoms with E-state index in [9.17, 15) is 0 Å². The molecule has 0 saturated heterocycles. The van der Waals surface area contributed by atoms with Gasteiger partial charge in [0.15, 0.2) is 0 Å². The molecule has 0 saturated carbocycles. The molecule has 27 heavy (non-hydrogen) atoms. The largest absolute Gasteiger partial charge is 1.00 e. The number of fused-ring (bicyclic) bond motifs is 6. The molecular formula is C24H20Cl2Zr-2. The smallest absolute Gasteiger partial charge is 0.0293 e. The second kappa shape index (κ2) is 12.1. The van der Waals surface area contributed by atoms with Crippen LogP contribution in [0.5, 0.6) is 0 Å². The number of allylic oxidation sites excluding steroid dienone is 4. The summed E-state index contributed by atoms with van der Waals surface area (Å²) in [6.07, 6.45) is 10.0. The van der Waals surface area contributed by atoms with Gasteiger partial charge in [0.05, 0.1) is 0 Å². The zero-order valence-corrected chi connectivity index (χ0v) is 19.1. The molecule has 0 unspecified atom stereocenters. The van der Waals surface area contributed by atoms with E-state index in [1.165, 1.54) is 56.6 Å². The first-order valence-electron chi connectivity index (χ1n) is 8.48. The molecule has 5 rings (SSSR count). The van der Waals surface area contributed by atoms with E-state index >= 15 is 0 Å². The van der Waals surface area contributed by atoms with Crippen molar-refractivity contribution < 1.29 is 49.0 Å². The summed E-state index contributed by atoms with van der Waals surface area (Å²) in [5.74, 6) is 0. The van der Waals surface area contributed by atoms with Gasteiger partial charge in [-0.3, -0.25) is 6.08 Å². The Balaban J connectivity index is 0.000000312. The SMILES string of the molecule is C[CH]=[Zr+2].[C-]1=CC=CC1.[Cl-].[Cl-].c1ccc2c(c1)c1ccccc1c1[cH-]ccc21. The Morgan fingerprint density at radius 1 is 0.852 bits per heavy atom. The fourth-order valence-electron chi connectivity index (χ4n) is 3.14. The second-order valence-electron chi connectivity index (χ2n) is 5.74. The summed E-state index contributed by atoms with van der Waals surface area (Å²) in [4.78, 5) is 0. The summed E-state index contributed by atoms with van der Waals surface area (Å²) >= 11 is 1.51. The van der Waals surface area contributed by atoms with Gasteiger partial charge in [0.2, 0.25) is 0 Å². The minimum atomic E-state index is 0. The molecule has 0 spiro atoms. The topological polar surface area (TPSA) is 0 Å². The van der Waals surface area contributed by atoms with Gasteiger partial charge in [-0.1, -0.05) is 64.7 Å². The van der Waals surface area contributed by atoms with Crippen LogP contribution >= 0.6 is 0 Å². The number of benzene rings is 3. The third kappa shape index (κ3) is 5.55. The van der Waals surface area contributed by atoms with Crippen LogP contribution in [0.25, 0.3) is 32.3 Å². The Morgan fingerprint density at radius 2 is 1.33 bits per heavy atom. The maximum atomic E-state index is 2.99. The summed E-state index contributed by atoms with van der Waals surface area (Å²) in [7, 11) is 0. The average Bonchev–Trinajstić information content (AvgIpc) is 3.37. The van der Waals surface area contributed by atoms with Crippen LogP contribution in [0.1, 0.15) is 13.3 Å². The van der Waals surface area contributed by atoms with Crippen molar-refractivity contribution in [2.75, 3.05) is 0 Å². The molecule has 0 amide bonds. The average molecular weight is 471 g/mol. The molecule has 0 bridgehead atoms. The van der Waals surface area contributed by atoms with Gasteiger partial charge in [-0.15, -0.1) is 23.3 Å². The van der Waals surface area contributed by atoms with Crippen LogP contribution in [-0.2, 0) is 24.2 Å². The Bertz CT molecular complexity index is 978. The van der Waals surface area contributed by atoms with Gasteiger partial charge >= 0.3 is 34.9 Å². The van der Waals surface area contributed by atoms with Crippen molar-refractivity contribution in [1.82, 2.24) is 0 Å². The van der Waals surface area contributed by atoms with Crippen molar-refractivity contribution >= 4 is 36.0 Å². The van der Waals surface area contributed by atoms with Crippen molar-refractivity contribution in [3.8, 4) is 0 Å². The number of hydrogen-bond acceptors (Lipinski definition) is 0. The van der Waals surface area contributed by atoms with Crippen molar-refractivity contribution in [2.45, 2.75) is 13.3 Å². The van der Waals surface area contributed by atoms with Crippen LogP contribution < -0.4 is 24.8 Å². The van der Waals surface area contributed by atoms with Gasteiger partial charge < -0.3 is 24.8 Å². The summed E-state index contributed by atoms with van der Waals surface area (Å²) in [5, 5.41) is 8.12. The van der Waals surface area contributed by atoms with Crippen LogP contribution in [-0.4, -0.2) is 3.71 Å². The summed E-state index contributed by atoms with van der Waals surface area (Å²) in [5.41, 5.74) is 0. The third-order valence-corrected chi connectivity index (χ3v) is 4.13. The molecule has 0 N–H and O–H groups in total. The van der Waals surface area contributed by atoms with E-state index < -0.39 is 0 Å². The van der Waals surface area contributed by atoms with Crippen LogP contribution in [0.4, 0.5) is 0 Å². The molecule has 0 aromatic heterocycles. The second-order valence-corrected chi connectivity index (χ2v) is 7.16. The summed E-state index contributed by atoms with van der Waals surface area (Å²) in [6, 6.07) is 23.9. The molecule has 4 aromatic carbocycles. The minimum absolute atomic E-state index is 0. The molecule has 0 heterocycles. The van der Waals surface area contributed by atoms with E-state index in [0.717, 1.165) is 6.42 Å². The van der Waals surface area contributed by atoms with Crippen molar-refractivity contribution in [2.24, 2.45) is 0 Å². The Hall–Kier alpha value is -1.40. The zero-order chi connectivity index (χ0) is 17.5. The van der Waals surface area contributed by atoms with Gasteiger partial charge in [-0.05, 0) is 5.39 Å². The van der Waals surface area contributed by atoms with Gasteiger partial charge in [0.25, 0.3) is 0 Å². The molecule has 0 aliphatic heterocycles. The summed E-state index contributed by atoms with van der Waals surface area (Å²) < 4.78 is 2.09. The van der Waals surface area contributed by atoms with Gasteiger partial charge in [0.1, 0.15) is 0 Å². The van der Waals surface area contributed by atoms with Crippen LogP contribution in [0, 0.1) is 6.08 Å². The molecule has 0 radical (unpaired) electrons. The molecule has 3 heteroatoms. The number of halogens is 2. The maximum absolute atomic E-state index is 2.99. The van der Waals surface area contributed by atoms with E-state index in [2.05, 4.69) is 82.6 Å². The molecule has 0 nitrogen and oxygen atoms in total. The van der Waals surface area contributed by atoms with Gasteiger partial charge in [-0.25, -0.2) is 12.2 Å². The van der Waals surface area contributed by atoms with Crippen LogP contribution in [0.3, 0.4) is 0 Å². The fourth-order valence-corrected chi connectivity index (χ4v) is 3.14. The predicted octanol–water partition coefficient (Wildman–Crippen LogP) is 0.534. The van der Waals surface area contributed by atoms with E-state index in [1.54, 1.807) is 0 Å². The number of hydrogen-bond donors (Lipinski definition) is 0. The predicted molar refractivity (Wildman–Crippen MR) is 108 cm³/mol. The minimum Gasteiger partial charge on any atom is -1.00 e. The monoisotopic (exact) mass is 468 g/mol. The molecule has 1 aliphatic carbocycles. The normalized spacial score (nSPS) is 11.1. The first-order valence-corrected chi connectivity index (χ1v) is 9.90. The standard InChI is InChI=1S/C17H11.C5H5.C2H4.2ClH.Zr/c1-3-8-14-12(6-1)13-7-2-4-9-15(13)17-11-5-10-16(14)17;1-2-4-5-3-1;1-2;;;/h1-11H;1-3H,4H2;1H,2H3;2*1H;/q2*-1;;;;+2/p-2. The zero-order valence-electron chi connectivity index (χ0n) is 15.1. The van der Waals surface area contributed by atoms with Crippen molar-refractivity contribution in [3.63, 3.8) is 0 Å². The fraction of sp³-hybridized carbons (Fsp3) is 0.0833. The maximum Gasteiger partial charge on any atom is -0.0293 e. The Morgan fingerprint density at radius 3 is 1.78 bits per heavy atom. The molecule has 1 aliphatic rings. The first kappa shape index (κ1) is 23.6. The van der Waals surface area contributed by atoms with Crippen molar-refractivity contribution in [1.29, 1.82) is 0 Å². The van der Waals surface area contributed by atoms with Gasteiger partial charge in [-0.2, -0.15) is 18.2 Å². The van der Waals surface area contributed by atoms with Crippen LogP contribution in [0.2, 0.25) is 0 Å². The molecule has 4 aromatic rings. The molecule has 0 atom stereocenters. The molecular weight excluding hydrogens is 450 g/mol. The molecule has 136 valence electrons. The first-order chi connectivity index (χ1) is 12.4. The quantitative estimate of drug-likeness (QED) is 0.260. The Kier molecular flexibility index (Phi) is 10.6. The molecule has 0 fully saturated rings. The summed E-state index contributed by atoms with van der Waals surface area (Å²) in [6.45, 7) is 2.04. The van der Waals surface area contributed by atoms with Gasteiger partial charge in [0, 0.05) is 0 Å². The van der Waals surface area contributed by atoms with E-state index in [4.69, 9.17) is 0 Å². The van der Waals surface area contributed by atoms with Crippen LogP contribution in [0.15, 0.2) is 85.0 Å². The van der Waals surface area contributed by atoms with E-state index in [1.807, 2.05) is 19.1 Å². The van der Waals surface area contributed by atoms with E-state index in [0.29, 0.717) is 0 Å². The Labute approximate surface area is 188 Å². The van der Waals surface area contributed by atoms with E-state index in [-0.39, 0.29) is 24.8 Å². The van der Waals surface area contributed by atoms with Crippen molar-refractivity contribution in [3.05, 3.63) is 91.0 Å².